The van der Waals surface area contributed by atoms with Crippen molar-refractivity contribution in [2.75, 3.05) is 19.8 Å². The van der Waals surface area contributed by atoms with Gasteiger partial charge in [0.25, 0.3) is 0 Å². The third kappa shape index (κ3) is 2.89. The van der Waals surface area contributed by atoms with Crippen molar-refractivity contribution >= 4 is 18.6 Å². The fourth-order valence-corrected chi connectivity index (χ4v) is 10.1. The van der Waals surface area contributed by atoms with E-state index in [1.54, 1.807) is 0 Å². The van der Waals surface area contributed by atoms with Gasteiger partial charge in [-0.05, 0) is 34.9 Å². The zero-order chi connectivity index (χ0) is 16.3. The highest BCUT2D eigenvalue weighted by molar-refractivity contribution is 7.02. The van der Waals surface area contributed by atoms with Gasteiger partial charge in [0.2, 0.25) is 0 Å². The zero-order valence-corrected chi connectivity index (χ0v) is 15.5. The highest BCUT2D eigenvalue weighted by Crippen LogP contribution is 2.38. The number of nitrogens with one attached hydrogen (secondary N) is 1. The number of rotatable bonds is 3. The van der Waals surface area contributed by atoms with Gasteiger partial charge < -0.3 is 9.88 Å². The molecule has 0 spiro atoms. The first-order chi connectivity index (χ1) is 11.1. The fourth-order valence-electron chi connectivity index (χ4n) is 4.21. The second kappa shape index (κ2) is 6.60. The summed E-state index contributed by atoms with van der Waals surface area (Å²) < 4.78 is 2.77. The minimum atomic E-state index is -2.08. The molecule has 2 nitrogen and oxygen atoms in total. The minimum absolute atomic E-state index is 0.203. The molecule has 0 aliphatic carbocycles. The predicted octanol–water partition coefficient (Wildman–Crippen LogP) is 2.80. The SMILES string of the molecule is CC(C)(C)[Si](c1ccccc1)(c1ccccc1)N1CCCNC1. The Kier molecular flexibility index (Phi) is 4.71. The molecule has 1 saturated heterocycles. The fraction of sp³-hybridized carbons (Fsp3) is 0.400. The zero-order valence-electron chi connectivity index (χ0n) is 14.5. The van der Waals surface area contributed by atoms with E-state index >= 15 is 0 Å². The molecule has 2 aromatic rings. The molecule has 0 aromatic heterocycles. The molecular weight excluding hydrogens is 296 g/mol. The van der Waals surface area contributed by atoms with Gasteiger partial charge >= 0.3 is 0 Å². The summed E-state index contributed by atoms with van der Waals surface area (Å²) in [4.78, 5) is 0. The largest absolute Gasteiger partial charge is 0.305 e. The average Bonchev–Trinajstić information content (AvgIpc) is 2.57. The lowest BCUT2D eigenvalue weighted by Gasteiger charge is -2.52. The van der Waals surface area contributed by atoms with Crippen LogP contribution in [0.4, 0.5) is 0 Å². The molecule has 0 unspecified atom stereocenters. The van der Waals surface area contributed by atoms with Crippen LogP contribution < -0.4 is 15.7 Å². The van der Waals surface area contributed by atoms with E-state index < -0.39 is 8.24 Å². The van der Waals surface area contributed by atoms with Gasteiger partial charge in [-0.3, -0.25) is 0 Å². The summed E-state index contributed by atoms with van der Waals surface area (Å²) in [6, 6.07) is 22.4. The quantitative estimate of drug-likeness (QED) is 0.874. The topological polar surface area (TPSA) is 15.3 Å². The first-order valence-electron chi connectivity index (χ1n) is 8.63. The van der Waals surface area contributed by atoms with E-state index in [9.17, 15) is 0 Å². The number of hydrogen-bond donors (Lipinski definition) is 1. The van der Waals surface area contributed by atoms with Gasteiger partial charge in [0, 0.05) is 6.67 Å². The van der Waals surface area contributed by atoms with Crippen molar-refractivity contribution in [3.63, 3.8) is 0 Å². The van der Waals surface area contributed by atoms with E-state index in [1.165, 1.54) is 23.3 Å². The molecule has 0 atom stereocenters. The molecule has 1 N–H and O–H groups in total. The lowest BCUT2D eigenvalue weighted by molar-refractivity contribution is 0.319. The molecule has 1 fully saturated rings. The Bertz CT molecular complexity index is 574. The summed E-state index contributed by atoms with van der Waals surface area (Å²) in [5, 5.41) is 6.85. The van der Waals surface area contributed by atoms with Crippen molar-refractivity contribution in [1.29, 1.82) is 0 Å². The highest BCUT2D eigenvalue weighted by atomic mass is 28.3. The van der Waals surface area contributed by atoms with Crippen LogP contribution in [-0.4, -0.2) is 32.6 Å². The minimum Gasteiger partial charge on any atom is -0.305 e. The molecule has 2 aromatic carbocycles. The lowest BCUT2D eigenvalue weighted by Crippen LogP contribution is -2.76. The van der Waals surface area contributed by atoms with Crippen LogP contribution in [0.3, 0.4) is 0 Å². The summed E-state index contributed by atoms with van der Waals surface area (Å²) in [5.74, 6) is 0. The summed E-state index contributed by atoms with van der Waals surface area (Å²) >= 11 is 0. The first kappa shape index (κ1) is 16.4. The van der Waals surface area contributed by atoms with Crippen LogP contribution in [0.15, 0.2) is 60.7 Å². The van der Waals surface area contributed by atoms with Crippen LogP contribution in [0.2, 0.25) is 5.04 Å². The third-order valence-corrected chi connectivity index (χ3v) is 10.9. The maximum Gasteiger partial charge on any atom is 0.199 e. The Morgan fingerprint density at radius 2 is 1.39 bits per heavy atom. The molecule has 0 saturated carbocycles. The monoisotopic (exact) mass is 324 g/mol. The first-order valence-corrected chi connectivity index (χ1v) is 10.6. The summed E-state index contributed by atoms with van der Waals surface area (Å²) in [7, 11) is -2.08. The van der Waals surface area contributed by atoms with Crippen molar-refractivity contribution in [1.82, 2.24) is 9.88 Å². The van der Waals surface area contributed by atoms with Gasteiger partial charge in [0.15, 0.2) is 8.24 Å². The van der Waals surface area contributed by atoms with E-state index in [1.807, 2.05) is 0 Å². The maximum absolute atomic E-state index is 3.61. The van der Waals surface area contributed by atoms with Gasteiger partial charge in [-0.15, -0.1) is 0 Å². The van der Waals surface area contributed by atoms with Crippen LogP contribution in [0.25, 0.3) is 0 Å². The third-order valence-electron chi connectivity index (χ3n) is 5.03. The molecule has 1 aliphatic rings. The van der Waals surface area contributed by atoms with Crippen LogP contribution in [0, 0.1) is 0 Å². The van der Waals surface area contributed by atoms with Crippen molar-refractivity contribution in [2.45, 2.75) is 32.2 Å². The van der Waals surface area contributed by atoms with Gasteiger partial charge in [-0.2, -0.15) is 0 Å². The predicted molar refractivity (Wildman–Crippen MR) is 102 cm³/mol. The molecule has 0 bridgehead atoms. The van der Waals surface area contributed by atoms with Crippen LogP contribution in [-0.2, 0) is 0 Å². The van der Waals surface area contributed by atoms with E-state index in [-0.39, 0.29) is 5.04 Å². The number of hydrogen-bond acceptors (Lipinski definition) is 2. The van der Waals surface area contributed by atoms with Crippen LogP contribution >= 0.6 is 0 Å². The number of benzene rings is 2. The summed E-state index contributed by atoms with van der Waals surface area (Å²) in [6.07, 6.45) is 1.23. The molecule has 1 heterocycles. The van der Waals surface area contributed by atoms with E-state index in [0.29, 0.717) is 0 Å². The second-order valence-corrected chi connectivity index (χ2v) is 12.2. The van der Waals surface area contributed by atoms with Gasteiger partial charge in [-0.1, -0.05) is 81.4 Å². The van der Waals surface area contributed by atoms with Gasteiger partial charge in [0.1, 0.15) is 0 Å². The van der Waals surface area contributed by atoms with Crippen molar-refractivity contribution < 1.29 is 0 Å². The number of nitrogens with zero attached hydrogens (tertiary/aromatic N) is 1. The van der Waals surface area contributed by atoms with Crippen LogP contribution in [0.5, 0.6) is 0 Å². The van der Waals surface area contributed by atoms with Crippen molar-refractivity contribution in [2.24, 2.45) is 0 Å². The standard InChI is InChI=1S/C20H28N2Si/c1-20(2,3)23(18-11-6-4-7-12-18,19-13-8-5-9-14-19)22-16-10-15-21-17-22/h4-9,11-14,21H,10,15-17H2,1-3H3. The van der Waals surface area contributed by atoms with E-state index in [2.05, 4.69) is 91.3 Å². The molecule has 23 heavy (non-hydrogen) atoms. The van der Waals surface area contributed by atoms with Crippen molar-refractivity contribution in [3.8, 4) is 0 Å². The van der Waals surface area contributed by atoms with Crippen molar-refractivity contribution in [3.05, 3.63) is 60.7 Å². The Hall–Kier alpha value is -1.42. The highest BCUT2D eigenvalue weighted by Gasteiger charge is 2.52. The Morgan fingerprint density at radius 3 is 1.78 bits per heavy atom. The maximum atomic E-state index is 3.61. The molecule has 3 rings (SSSR count). The summed E-state index contributed by atoms with van der Waals surface area (Å²) in [5.41, 5.74) is 0. The molecule has 0 amide bonds. The van der Waals surface area contributed by atoms with Crippen LogP contribution in [0.1, 0.15) is 27.2 Å². The molecular formula is C20H28N2Si. The smallest absolute Gasteiger partial charge is 0.199 e. The average molecular weight is 325 g/mol. The molecule has 1 aliphatic heterocycles. The molecule has 0 radical (unpaired) electrons. The lowest BCUT2D eigenvalue weighted by atomic mass is 10.2. The van der Waals surface area contributed by atoms with Gasteiger partial charge in [0.05, 0.1) is 0 Å². The molecule has 122 valence electrons. The Balaban J connectivity index is 2.25. The van der Waals surface area contributed by atoms with E-state index in [0.717, 1.165) is 13.2 Å². The second-order valence-electron chi connectivity index (χ2n) is 7.47. The van der Waals surface area contributed by atoms with Gasteiger partial charge in [-0.25, -0.2) is 0 Å². The Labute approximate surface area is 141 Å². The summed E-state index contributed by atoms with van der Waals surface area (Å²) in [6.45, 7) is 10.6. The Morgan fingerprint density at radius 1 is 0.870 bits per heavy atom. The normalized spacial score (nSPS) is 17.2. The molecule has 3 heteroatoms. The van der Waals surface area contributed by atoms with E-state index in [4.69, 9.17) is 0 Å².